The van der Waals surface area contributed by atoms with Gasteiger partial charge in [-0.05, 0) is 6.42 Å². The monoisotopic (exact) mass is 524 g/mol. The molecule has 0 saturated carbocycles. The molecule has 3 nitrogen and oxygen atoms in total. The summed E-state index contributed by atoms with van der Waals surface area (Å²) < 4.78 is 225. The molecular weight excluding hydrogens is 515 g/mol. The second-order valence-corrected chi connectivity index (χ2v) is 5.68. The highest BCUT2D eigenvalue weighted by Crippen LogP contribution is 2.56. The van der Waals surface area contributed by atoms with E-state index in [1.165, 1.54) is 4.74 Å². The molecule has 0 amide bonds. The van der Waals surface area contributed by atoms with E-state index in [0.717, 1.165) is 6.92 Å². The van der Waals surface area contributed by atoms with Crippen molar-refractivity contribution in [3.8, 4) is 0 Å². The van der Waals surface area contributed by atoms with E-state index in [4.69, 9.17) is 0 Å². The highest BCUT2D eigenvalue weighted by Gasteiger charge is 2.85. The van der Waals surface area contributed by atoms with Crippen LogP contribution in [-0.4, -0.2) is 61.6 Å². The van der Waals surface area contributed by atoms with Gasteiger partial charge in [0.2, 0.25) is 0 Å². The molecule has 0 bridgehead atoms. The van der Waals surface area contributed by atoms with Gasteiger partial charge in [0.15, 0.2) is 0 Å². The first-order valence-electron chi connectivity index (χ1n) is 7.42. The predicted octanol–water partition coefficient (Wildman–Crippen LogP) is 6.29. The van der Waals surface area contributed by atoms with Gasteiger partial charge in [-0.1, -0.05) is 6.92 Å². The van der Waals surface area contributed by atoms with Crippen LogP contribution in [0.2, 0.25) is 0 Å². The maximum atomic E-state index is 13.8. The van der Waals surface area contributed by atoms with Crippen LogP contribution in [0.4, 0.5) is 74.6 Å². The molecule has 2 unspecified atom stereocenters. The topological polar surface area (TPSA) is 27.7 Å². The summed E-state index contributed by atoms with van der Waals surface area (Å²) in [5, 5.41) is 0. The summed E-state index contributed by atoms with van der Waals surface area (Å²) in [5.74, 6) is -21.8. The Morgan fingerprint density at radius 2 is 0.969 bits per heavy atom. The van der Waals surface area contributed by atoms with Gasteiger partial charge in [0, 0.05) is 6.61 Å². The van der Waals surface area contributed by atoms with E-state index in [9.17, 15) is 74.6 Å². The molecule has 0 saturated heterocycles. The van der Waals surface area contributed by atoms with Crippen molar-refractivity contribution in [3.05, 3.63) is 0 Å². The molecule has 0 heterocycles. The van der Waals surface area contributed by atoms with Crippen LogP contribution >= 0.6 is 0 Å². The molecule has 0 radical (unpaired) electrons. The number of hydrogen-bond donors (Lipinski definition) is 0. The smallest absolute Gasteiger partial charge is 0.375 e. The lowest BCUT2D eigenvalue weighted by Gasteiger charge is -2.40. The van der Waals surface area contributed by atoms with Crippen LogP contribution in [0.3, 0.4) is 0 Å². The Labute approximate surface area is 165 Å². The van der Waals surface area contributed by atoms with Gasteiger partial charge >= 0.3 is 48.4 Å². The third-order valence-corrected chi connectivity index (χ3v) is 3.08. The summed E-state index contributed by atoms with van der Waals surface area (Å²) in [6.45, 7) is -2.53. The van der Waals surface area contributed by atoms with Crippen molar-refractivity contribution in [2.75, 3.05) is 13.2 Å². The van der Waals surface area contributed by atoms with Crippen molar-refractivity contribution < 1.29 is 88.8 Å². The molecule has 0 aliphatic carbocycles. The van der Waals surface area contributed by atoms with Crippen molar-refractivity contribution in [3.63, 3.8) is 0 Å². The summed E-state index contributed by atoms with van der Waals surface area (Å²) in [6, 6.07) is 0. The van der Waals surface area contributed by atoms with E-state index in [2.05, 4.69) is 4.74 Å². The van der Waals surface area contributed by atoms with Crippen LogP contribution in [0.5, 0.6) is 0 Å². The molecule has 0 aromatic heterocycles. The molecule has 0 aromatic carbocycles. The zero-order chi connectivity index (χ0) is 26.2. The molecule has 20 heteroatoms. The SMILES string of the molecule is CCCOCC(F)(OC(F)(F)C(F)(OC(F)(F)C(F)(F)C(F)(F)F)C(F)(F)F)C(F)(F)F. The Morgan fingerprint density at radius 1 is 0.531 bits per heavy atom. The van der Waals surface area contributed by atoms with Gasteiger partial charge < -0.3 is 4.74 Å². The summed E-state index contributed by atoms with van der Waals surface area (Å²) in [6.07, 6.45) is -37.9. The van der Waals surface area contributed by atoms with Gasteiger partial charge in [0.1, 0.15) is 6.61 Å². The molecule has 0 spiro atoms. The molecule has 2 atom stereocenters. The van der Waals surface area contributed by atoms with Crippen molar-refractivity contribution in [1.29, 1.82) is 0 Å². The Hall–Kier alpha value is -1.31. The Morgan fingerprint density at radius 3 is 1.28 bits per heavy atom. The van der Waals surface area contributed by atoms with Crippen LogP contribution in [0.15, 0.2) is 0 Å². The van der Waals surface area contributed by atoms with Gasteiger partial charge in [0.05, 0.1) is 0 Å². The standard InChI is InChI=1S/C12H9F17O3/c1-2-3-30-4-5(13,8(17,18)19)31-12(28,29)7(16,10(23,24)25)32-11(26,27)6(14,15)9(20,21)22/h2-4H2,1H3. The first-order chi connectivity index (χ1) is 13.7. The lowest BCUT2D eigenvalue weighted by atomic mass is 10.2. The second-order valence-electron chi connectivity index (χ2n) is 5.68. The summed E-state index contributed by atoms with van der Waals surface area (Å²) in [5.41, 5.74) is 0. The summed E-state index contributed by atoms with van der Waals surface area (Å²) >= 11 is 0. The molecule has 194 valence electrons. The lowest BCUT2D eigenvalue weighted by Crippen LogP contribution is -2.67. The predicted molar refractivity (Wildman–Crippen MR) is 64.0 cm³/mol. The van der Waals surface area contributed by atoms with Crippen molar-refractivity contribution in [1.82, 2.24) is 0 Å². The maximum absolute atomic E-state index is 13.8. The van der Waals surface area contributed by atoms with Crippen LogP contribution in [0, 0.1) is 0 Å². The van der Waals surface area contributed by atoms with E-state index in [1.807, 2.05) is 4.74 Å². The average Bonchev–Trinajstić information content (AvgIpc) is 2.50. The van der Waals surface area contributed by atoms with Gasteiger partial charge in [-0.25, -0.2) is 0 Å². The zero-order valence-corrected chi connectivity index (χ0v) is 14.8. The first kappa shape index (κ1) is 30.7. The van der Waals surface area contributed by atoms with E-state index in [1.54, 1.807) is 0 Å². The van der Waals surface area contributed by atoms with E-state index in [-0.39, 0.29) is 6.42 Å². The van der Waals surface area contributed by atoms with E-state index in [0.29, 0.717) is 0 Å². The Kier molecular flexibility index (Phi) is 8.44. The fraction of sp³-hybridized carbons (Fsp3) is 1.00. The van der Waals surface area contributed by atoms with E-state index < -0.39 is 61.6 Å². The minimum absolute atomic E-state index is 0.262. The fourth-order valence-corrected chi connectivity index (χ4v) is 1.47. The second kappa shape index (κ2) is 8.80. The quantitative estimate of drug-likeness (QED) is 0.249. The Balaban J connectivity index is 6.47. The molecule has 0 fully saturated rings. The van der Waals surface area contributed by atoms with Gasteiger partial charge in [-0.15, -0.1) is 0 Å². The van der Waals surface area contributed by atoms with E-state index >= 15 is 0 Å². The van der Waals surface area contributed by atoms with Gasteiger partial charge in [-0.2, -0.15) is 74.6 Å². The average molecular weight is 524 g/mol. The molecule has 0 aromatic rings. The fourth-order valence-electron chi connectivity index (χ4n) is 1.47. The number of hydrogen-bond acceptors (Lipinski definition) is 3. The normalized spacial score (nSPS) is 18.9. The third-order valence-electron chi connectivity index (χ3n) is 3.08. The van der Waals surface area contributed by atoms with Crippen LogP contribution in [-0.2, 0) is 14.2 Å². The molecule has 0 aliphatic rings. The molecular formula is C12H9F17O3. The lowest BCUT2D eigenvalue weighted by molar-refractivity contribution is -0.553. The maximum Gasteiger partial charge on any atom is 0.462 e. The first-order valence-corrected chi connectivity index (χ1v) is 7.42. The number of rotatable bonds is 10. The molecule has 0 aliphatic heterocycles. The number of halogens is 17. The van der Waals surface area contributed by atoms with Crippen molar-refractivity contribution >= 4 is 0 Å². The zero-order valence-electron chi connectivity index (χ0n) is 14.8. The molecule has 32 heavy (non-hydrogen) atoms. The van der Waals surface area contributed by atoms with Crippen molar-refractivity contribution in [2.24, 2.45) is 0 Å². The molecule has 0 N–H and O–H groups in total. The summed E-state index contributed by atoms with van der Waals surface area (Å²) in [4.78, 5) is 0. The minimum atomic E-state index is -7.87. The minimum Gasteiger partial charge on any atom is -0.375 e. The molecule has 0 rings (SSSR count). The number of ether oxygens (including phenoxy) is 3. The highest BCUT2D eigenvalue weighted by molar-refractivity contribution is 4.95. The summed E-state index contributed by atoms with van der Waals surface area (Å²) in [7, 11) is 0. The van der Waals surface area contributed by atoms with Gasteiger partial charge in [-0.3, -0.25) is 9.47 Å². The van der Waals surface area contributed by atoms with Crippen LogP contribution in [0.25, 0.3) is 0 Å². The number of alkyl halides is 17. The van der Waals surface area contributed by atoms with Crippen molar-refractivity contribution in [2.45, 2.75) is 61.7 Å². The van der Waals surface area contributed by atoms with Crippen LogP contribution in [0.1, 0.15) is 13.3 Å². The van der Waals surface area contributed by atoms with Gasteiger partial charge in [0.25, 0.3) is 0 Å². The Bertz CT molecular complexity index is 624. The van der Waals surface area contributed by atoms with Crippen LogP contribution < -0.4 is 0 Å². The largest absolute Gasteiger partial charge is 0.462 e. The highest BCUT2D eigenvalue weighted by atomic mass is 19.4. The third kappa shape index (κ3) is 5.78.